The molecule has 2 atom stereocenters. The standard InChI is InChI=1S/C16H23N3O2/c1-19(2)16(21)13-7-3-4-9-14(13)18-15(20)12-8-5-6-11(12)10-17/h3-4,7,9,11-12H,5-6,8,10,17H2,1-2H3,(H,18,20)/t11-,12-/m1/s1. The number of para-hydroxylation sites is 1. The van der Waals surface area contributed by atoms with Gasteiger partial charge in [-0.05, 0) is 37.4 Å². The van der Waals surface area contributed by atoms with E-state index in [1.807, 2.05) is 6.07 Å². The van der Waals surface area contributed by atoms with E-state index in [2.05, 4.69) is 5.32 Å². The first-order valence-corrected chi connectivity index (χ1v) is 7.36. The first-order valence-electron chi connectivity index (χ1n) is 7.36. The summed E-state index contributed by atoms with van der Waals surface area (Å²) in [4.78, 5) is 26.1. The number of hydrogen-bond donors (Lipinski definition) is 2. The summed E-state index contributed by atoms with van der Waals surface area (Å²) in [6.45, 7) is 0.538. The van der Waals surface area contributed by atoms with Crippen molar-refractivity contribution in [3.8, 4) is 0 Å². The molecule has 2 rings (SSSR count). The van der Waals surface area contributed by atoms with Crippen molar-refractivity contribution in [3.05, 3.63) is 29.8 Å². The maximum Gasteiger partial charge on any atom is 0.255 e. The lowest BCUT2D eigenvalue weighted by Gasteiger charge is -2.19. The van der Waals surface area contributed by atoms with Gasteiger partial charge in [-0.25, -0.2) is 0 Å². The molecule has 1 fully saturated rings. The summed E-state index contributed by atoms with van der Waals surface area (Å²) in [6, 6.07) is 7.11. The highest BCUT2D eigenvalue weighted by Crippen LogP contribution is 2.32. The second kappa shape index (κ2) is 6.72. The van der Waals surface area contributed by atoms with E-state index in [0.717, 1.165) is 19.3 Å². The van der Waals surface area contributed by atoms with Crippen LogP contribution in [0.15, 0.2) is 24.3 Å². The second-order valence-corrected chi connectivity index (χ2v) is 5.77. The van der Waals surface area contributed by atoms with Gasteiger partial charge in [0.25, 0.3) is 5.91 Å². The monoisotopic (exact) mass is 289 g/mol. The fraction of sp³-hybridized carbons (Fsp3) is 0.500. The largest absolute Gasteiger partial charge is 0.345 e. The number of rotatable bonds is 4. The second-order valence-electron chi connectivity index (χ2n) is 5.77. The highest BCUT2D eigenvalue weighted by Gasteiger charge is 2.32. The quantitative estimate of drug-likeness (QED) is 0.886. The Bertz CT molecular complexity index is 528. The third-order valence-corrected chi connectivity index (χ3v) is 4.12. The molecule has 0 aromatic heterocycles. The Kier molecular flexibility index (Phi) is 4.96. The number of benzene rings is 1. The average Bonchev–Trinajstić information content (AvgIpc) is 2.95. The fourth-order valence-electron chi connectivity index (χ4n) is 2.91. The van der Waals surface area contributed by atoms with Crippen LogP contribution >= 0.6 is 0 Å². The van der Waals surface area contributed by atoms with E-state index >= 15 is 0 Å². The maximum atomic E-state index is 12.4. The van der Waals surface area contributed by atoms with Gasteiger partial charge in [-0.1, -0.05) is 18.6 Å². The molecule has 1 aromatic rings. The van der Waals surface area contributed by atoms with Crippen LogP contribution in [-0.4, -0.2) is 37.4 Å². The van der Waals surface area contributed by atoms with Gasteiger partial charge in [-0.2, -0.15) is 0 Å². The molecule has 114 valence electrons. The van der Waals surface area contributed by atoms with Crippen LogP contribution in [0.5, 0.6) is 0 Å². The third kappa shape index (κ3) is 3.42. The van der Waals surface area contributed by atoms with Crippen LogP contribution in [0.1, 0.15) is 29.6 Å². The van der Waals surface area contributed by atoms with Crippen molar-refractivity contribution in [1.29, 1.82) is 0 Å². The minimum Gasteiger partial charge on any atom is -0.345 e. The molecule has 5 heteroatoms. The molecule has 1 aliphatic rings. The number of nitrogens with two attached hydrogens (primary N) is 1. The van der Waals surface area contributed by atoms with Crippen molar-refractivity contribution in [3.63, 3.8) is 0 Å². The minimum absolute atomic E-state index is 0.0260. The molecule has 0 bridgehead atoms. The summed E-state index contributed by atoms with van der Waals surface area (Å²) < 4.78 is 0. The lowest BCUT2D eigenvalue weighted by molar-refractivity contribution is -0.120. The lowest BCUT2D eigenvalue weighted by atomic mass is 9.95. The number of amides is 2. The highest BCUT2D eigenvalue weighted by molar-refractivity contribution is 6.04. The summed E-state index contributed by atoms with van der Waals surface area (Å²) in [7, 11) is 3.39. The van der Waals surface area contributed by atoms with Gasteiger partial charge in [-0.3, -0.25) is 9.59 Å². The molecule has 0 aliphatic heterocycles. The molecule has 0 heterocycles. The molecule has 2 amide bonds. The van der Waals surface area contributed by atoms with Crippen molar-refractivity contribution >= 4 is 17.5 Å². The Morgan fingerprint density at radius 3 is 2.67 bits per heavy atom. The van der Waals surface area contributed by atoms with Gasteiger partial charge < -0.3 is 16.0 Å². The molecular weight excluding hydrogens is 266 g/mol. The first-order chi connectivity index (χ1) is 10.0. The van der Waals surface area contributed by atoms with Gasteiger partial charge in [0.15, 0.2) is 0 Å². The SMILES string of the molecule is CN(C)C(=O)c1ccccc1NC(=O)[C@@H]1CCC[C@@H]1CN. The Morgan fingerprint density at radius 2 is 2.00 bits per heavy atom. The number of anilines is 1. The number of nitrogens with one attached hydrogen (secondary N) is 1. The van der Waals surface area contributed by atoms with Crippen LogP contribution in [0.25, 0.3) is 0 Å². The van der Waals surface area contributed by atoms with E-state index in [1.54, 1.807) is 32.3 Å². The molecule has 0 spiro atoms. The molecular formula is C16H23N3O2. The zero-order chi connectivity index (χ0) is 15.4. The summed E-state index contributed by atoms with van der Waals surface area (Å²) in [6.07, 6.45) is 2.92. The third-order valence-electron chi connectivity index (χ3n) is 4.12. The van der Waals surface area contributed by atoms with Gasteiger partial charge in [0, 0.05) is 20.0 Å². The van der Waals surface area contributed by atoms with E-state index in [4.69, 9.17) is 5.73 Å². The van der Waals surface area contributed by atoms with Crippen molar-refractivity contribution in [2.45, 2.75) is 19.3 Å². The zero-order valence-electron chi connectivity index (χ0n) is 12.6. The molecule has 3 N–H and O–H groups in total. The Hall–Kier alpha value is -1.88. The van der Waals surface area contributed by atoms with Gasteiger partial charge in [0.2, 0.25) is 5.91 Å². The lowest BCUT2D eigenvalue weighted by Crippen LogP contribution is -2.31. The van der Waals surface area contributed by atoms with E-state index in [1.165, 1.54) is 4.90 Å². The molecule has 1 saturated carbocycles. The van der Waals surface area contributed by atoms with Crippen LogP contribution in [0, 0.1) is 11.8 Å². The number of hydrogen-bond acceptors (Lipinski definition) is 3. The Labute approximate surface area is 125 Å². The van der Waals surface area contributed by atoms with Crippen LogP contribution in [0.3, 0.4) is 0 Å². The molecule has 1 aliphatic carbocycles. The van der Waals surface area contributed by atoms with E-state index < -0.39 is 0 Å². The van der Waals surface area contributed by atoms with Gasteiger partial charge in [0.05, 0.1) is 11.3 Å². The van der Waals surface area contributed by atoms with E-state index in [-0.39, 0.29) is 23.7 Å². The Balaban J connectivity index is 2.16. The van der Waals surface area contributed by atoms with Crippen molar-refractivity contribution < 1.29 is 9.59 Å². The normalized spacial score (nSPS) is 21.1. The molecule has 0 unspecified atom stereocenters. The predicted octanol–water partition coefficient (Wildman–Crippen LogP) is 1.70. The number of carbonyl (C=O) groups is 2. The van der Waals surface area contributed by atoms with E-state index in [9.17, 15) is 9.59 Å². The number of nitrogens with zero attached hydrogens (tertiary/aromatic N) is 1. The topological polar surface area (TPSA) is 75.4 Å². The predicted molar refractivity (Wildman–Crippen MR) is 83.0 cm³/mol. The van der Waals surface area contributed by atoms with E-state index in [0.29, 0.717) is 17.8 Å². The molecule has 0 radical (unpaired) electrons. The molecule has 21 heavy (non-hydrogen) atoms. The molecule has 5 nitrogen and oxygen atoms in total. The molecule has 1 aromatic carbocycles. The summed E-state index contributed by atoms with van der Waals surface area (Å²) >= 11 is 0. The highest BCUT2D eigenvalue weighted by atomic mass is 16.2. The van der Waals surface area contributed by atoms with Crippen LogP contribution in [0.4, 0.5) is 5.69 Å². The maximum absolute atomic E-state index is 12.4. The van der Waals surface area contributed by atoms with Crippen LogP contribution in [0.2, 0.25) is 0 Å². The Morgan fingerprint density at radius 1 is 1.29 bits per heavy atom. The smallest absolute Gasteiger partial charge is 0.255 e. The zero-order valence-corrected chi connectivity index (χ0v) is 12.6. The minimum atomic E-state index is -0.118. The number of carbonyl (C=O) groups excluding carboxylic acids is 2. The van der Waals surface area contributed by atoms with Crippen molar-refractivity contribution in [2.24, 2.45) is 17.6 Å². The van der Waals surface area contributed by atoms with Gasteiger partial charge >= 0.3 is 0 Å². The van der Waals surface area contributed by atoms with Gasteiger partial charge in [-0.15, -0.1) is 0 Å². The van der Waals surface area contributed by atoms with Crippen LogP contribution in [-0.2, 0) is 4.79 Å². The average molecular weight is 289 g/mol. The molecule has 0 saturated heterocycles. The van der Waals surface area contributed by atoms with Crippen molar-refractivity contribution in [1.82, 2.24) is 4.90 Å². The van der Waals surface area contributed by atoms with Crippen molar-refractivity contribution in [2.75, 3.05) is 26.0 Å². The summed E-state index contributed by atoms with van der Waals surface area (Å²) in [5.74, 6) is 0.0638. The summed E-state index contributed by atoms with van der Waals surface area (Å²) in [5, 5.41) is 2.91. The van der Waals surface area contributed by atoms with Gasteiger partial charge in [0.1, 0.15) is 0 Å². The first kappa shape index (κ1) is 15.5. The summed E-state index contributed by atoms with van der Waals surface area (Å²) in [5.41, 5.74) is 6.82. The fourth-order valence-corrected chi connectivity index (χ4v) is 2.91. The van der Waals surface area contributed by atoms with Crippen LogP contribution < -0.4 is 11.1 Å².